The molecule has 0 amide bonds. The molecule has 0 aliphatic heterocycles. The Morgan fingerprint density at radius 1 is 1.58 bits per heavy atom. The van der Waals surface area contributed by atoms with E-state index >= 15 is 0 Å². The van der Waals surface area contributed by atoms with E-state index in [9.17, 15) is 9.18 Å². The first-order valence-electron chi connectivity index (χ1n) is 3.18. The Kier molecular flexibility index (Phi) is 2.65. The van der Waals surface area contributed by atoms with Gasteiger partial charge in [0.2, 0.25) is 0 Å². The molecule has 1 rings (SSSR count). The van der Waals surface area contributed by atoms with E-state index < -0.39 is 11.8 Å². The summed E-state index contributed by atoms with van der Waals surface area (Å²) in [6, 6.07) is 3.50. The molecule has 0 N–H and O–H groups in total. The van der Waals surface area contributed by atoms with Crippen molar-refractivity contribution in [3.8, 4) is 0 Å². The van der Waals surface area contributed by atoms with Crippen molar-refractivity contribution in [2.75, 3.05) is 7.11 Å². The van der Waals surface area contributed by atoms with E-state index in [4.69, 9.17) is 11.6 Å². The van der Waals surface area contributed by atoms with Crippen LogP contribution in [0.3, 0.4) is 0 Å². The number of methoxy groups -OCH3 is 1. The van der Waals surface area contributed by atoms with E-state index in [0.29, 0.717) is 0 Å². The van der Waals surface area contributed by atoms with Crippen LogP contribution in [0.25, 0.3) is 0 Å². The highest BCUT2D eigenvalue weighted by Crippen LogP contribution is 2.17. The molecule has 0 fully saturated rings. The van der Waals surface area contributed by atoms with Gasteiger partial charge in [-0.05, 0) is 18.2 Å². The van der Waals surface area contributed by atoms with Gasteiger partial charge in [-0.1, -0.05) is 11.6 Å². The van der Waals surface area contributed by atoms with Gasteiger partial charge in [-0.3, -0.25) is 0 Å². The third kappa shape index (κ3) is 1.74. The van der Waals surface area contributed by atoms with Crippen LogP contribution in [0.5, 0.6) is 0 Å². The molecule has 4 heteroatoms. The molecule has 2 nitrogen and oxygen atoms in total. The van der Waals surface area contributed by atoms with Crippen molar-refractivity contribution in [3.63, 3.8) is 0 Å². The Hall–Kier alpha value is -1.09. The van der Waals surface area contributed by atoms with Gasteiger partial charge in [0.1, 0.15) is 5.82 Å². The summed E-state index contributed by atoms with van der Waals surface area (Å²) in [4.78, 5) is 10.9. The lowest BCUT2D eigenvalue weighted by atomic mass is 10.2. The minimum absolute atomic E-state index is 0.0573. The number of hydrogen-bond donors (Lipinski definition) is 0. The highest BCUT2D eigenvalue weighted by atomic mass is 35.5. The average Bonchev–Trinajstić information content (AvgIpc) is 2.03. The molecule has 1 aromatic rings. The van der Waals surface area contributed by atoms with Crippen LogP contribution >= 0.6 is 11.6 Å². The zero-order chi connectivity index (χ0) is 9.14. The molecule has 0 aliphatic rings. The second-order valence-corrected chi connectivity index (χ2v) is 2.52. The van der Waals surface area contributed by atoms with E-state index in [1.807, 2.05) is 0 Å². The summed E-state index contributed by atoms with van der Waals surface area (Å²) in [7, 11) is 1.24. The molecule has 0 aromatic heterocycles. The van der Waals surface area contributed by atoms with Gasteiger partial charge in [0.15, 0.2) is 0 Å². The van der Waals surface area contributed by atoms with Gasteiger partial charge in [-0.2, -0.15) is 0 Å². The van der Waals surface area contributed by atoms with Crippen LogP contribution in [0.4, 0.5) is 4.39 Å². The fourth-order valence-electron chi connectivity index (χ4n) is 0.765. The van der Waals surface area contributed by atoms with E-state index in [0.717, 1.165) is 12.1 Å². The average molecular weight is 188 g/mol. The highest BCUT2D eigenvalue weighted by molar-refractivity contribution is 6.33. The zero-order valence-corrected chi connectivity index (χ0v) is 7.06. The first kappa shape index (κ1) is 9.00. The fourth-order valence-corrected chi connectivity index (χ4v) is 1.01. The number of ether oxygens (including phenoxy) is 1. The molecular weight excluding hydrogens is 182 g/mol. The van der Waals surface area contributed by atoms with Gasteiger partial charge >= 0.3 is 5.97 Å². The van der Waals surface area contributed by atoms with Gasteiger partial charge in [0.25, 0.3) is 0 Å². The van der Waals surface area contributed by atoms with Crippen LogP contribution in [0.2, 0.25) is 5.02 Å². The molecular formula is C8H6ClFO2. The van der Waals surface area contributed by atoms with Crippen molar-refractivity contribution < 1.29 is 13.9 Å². The second-order valence-electron chi connectivity index (χ2n) is 2.12. The van der Waals surface area contributed by atoms with Crippen LogP contribution in [-0.2, 0) is 4.74 Å². The molecule has 0 aliphatic carbocycles. The normalized spacial score (nSPS) is 9.58. The Balaban J connectivity index is 3.09. The van der Waals surface area contributed by atoms with E-state index in [-0.39, 0.29) is 10.6 Å². The van der Waals surface area contributed by atoms with Gasteiger partial charge in [0, 0.05) is 0 Å². The number of halogens is 2. The van der Waals surface area contributed by atoms with E-state index in [1.54, 1.807) is 0 Å². The SMILES string of the molecule is COC(=O)c1ccc([18F])cc1Cl. The van der Waals surface area contributed by atoms with Crippen LogP contribution in [-0.4, -0.2) is 13.1 Å². The Bertz CT molecular complexity index is 312. The summed E-state index contributed by atoms with van der Waals surface area (Å²) < 4.78 is 16.9. The molecule has 12 heavy (non-hydrogen) atoms. The summed E-state index contributed by atoms with van der Waals surface area (Å²) in [5.41, 5.74) is 0.167. The van der Waals surface area contributed by atoms with E-state index in [2.05, 4.69) is 4.74 Å². The minimum Gasteiger partial charge on any atom is -0.465 e. The van der Waals surface area contributed by atoms with Crippen molar-refractivity contribution in [2.24, 2.45) is 0 Å². The molecule has 1 aromatic carbocycles. The van der Waals surface area contributed by atoms with Gasteiger partial charge in [-0.15, -0.1) is 0 Å². The van der Waals surface area contributed by atoms with Crippen molar-refractivity contribution in [3.05, 3.63) is 34.6 Å². The molecule has 0 unspecified atom stereocenters. The number of hydrogen-bond acceptors (Lipinski definition) is 2. The van der Waals surface area contributed by atoms with Crippen molar-refractivity contribution in [1.82, 2.24) is 0 Å². The lowest BCUT2D eigenvalue weighted by Gasteiger charge is -2.00. The summed E-state index contributed by atoms with van der Waals surface area (Å²) >= 11 is 5.56. The number of rotatable bonds is 1. The number of benzene rings is 1. The maximum absolute atomic E-state index is 12.5. The standard InChI is InChI=1S/C8H6ClFO2/c1-12-8(11)6-3-2-5(10)4-7(6)9/h2-4H,1H3/i10-1. The number of carbonyl (C=O) groups is 1. The largest absolute Gasteiger partial charge is 0.465 e. The van der Waals surface area contributed by atoms with Crippen molar-refractivity contribution >= 4 is 17.6 Å². The maximum Gasteiger partial charge on any atom is 0.339 e. The van der Waals surface area contributed by atoms with Gasteiger partial charge in [0.05, 0.1) is 17.7 Å². The smallest absolute Gasteiger partial charge is 0.339 e. The highest BCUT2D eigenvalue weighted by Gasteiger charge is 2.10. The third-order valence-electron chi connectivity index (χ3n) is 1.34. The summed E-state index contributed by atoms with van der Waals surface area (Å²) in [5.74, 6) is -1.05. The molecule has 0 bridgehead atoms. The quantitative estimate of drug-likeness (QED) is 0.631. The number of esters is 1. The monoisotopic (exact) mass is 187 g/mol. The number of carbonyl (C=O) groups excluding carboxylic acids is 1. The molecule has 0 heterocycles. The van der Waals surface area contributed by atoms with Gasteiger partial charge in [-0.25, -0.2) is 9.18 Å². The first-order valence-corrected chi connectivity index (χ1v) is 3.56. The second kappa shape index (κ2) is 3.54. The Morgan fingerprint density at radius 3 is 2.75 bits per heavy atom. The molecule has 0 radical (unpaired) electrons. The fraction of sp³-hybridized carbons (Fsp3) is 0.125. The van der Waals surface area contributed by atoms with Crippen LogP contribution in [0.15, 0.2) is 18.2 Å². The lowest BCUT2D eigenvalue weighted by molar-refractivity contribution is 0.0601. The van der Waals surface area contributed by atoms with Crippen LogP contribution in [0.1, 0.15) is 10.4 Å². The van der Waals surface area contributed by atoms with Crippen LogP contribution < -0.4 is 0 Å². The van der Waals surface area contributed by atoms with Crippen molar-refractivity contribution in [1.29, 1.82) is 0 Å². The summed E-state index contributed by atoms with van der Waals surface area (Å²) in [6.07, 6.45) is 0. The predicted molar refractivity (Wildman–Crippen MR) is 42.7 cm³/mol. The Labute approximate surface area is 73.9 Å². The lowest BCUT2D eigenvalue weighted by Crippen LogP contribution is -2.01. The molecule has 0 saturated heterocycles. The maximum atomic E-state index is 12.5. The minimum atomic E-state index is -0.569. The van der Waals surface area contributed by atoms with Crippen molar-refractivity contribution in [2.45, 2.75) is 0 Å². The third-order valence-corrected chi connectivity index (χ3v) is 1.65. The topological polar surface area (TPSA) is 26.3 Å². The first-order chi connectivity index (χ1) is 5.65. The Morgan fingerprint density at radius 2 is 2.25 bits per heavy atom. The molecule has 0 atom stereocenters. The predicted octanol–water partition coefficient (Wildman–Crippen LogP) is 2.27. The molecule has 0 spiro atoms. The summed E-state index contributed by atoms with van der Waals surface area (Å²) in [6.45, 7) is 0. The van der Waals surface area contributed by atoms with Gasteiger partial charge < -0.3 is 4.74 Å². The van der Waals surface area contributed by atoms with E-state index in [1.165, 1.54) is 13.2 Å². The molecule has 64 valence electrons. The summed E-state index contributed by atoms with van der Waals surface area (Å²) in [5, 5.41) is 0.0573. The molecule has 0 saturated carbocycles. The zero-order valence-electron chi connectivity index (χ0n) is 6.30. The van der Waals surface area contributed by atoms with Crippen LogP contribution in [0, 0.1) is 5.82 Å².